The quantitative estimate of drug-likeness (QED) is 0.448. The number of pyridine rings is 2. The van der Waals surface area contributed by atoms with Crippen LogP contribution in [0.2, 0.25) is 0 Å². The van der Waals surface area contributed by atoms with E-state index in [1.807, 2.05) is 21.9 Å². The van der Waals surface area contributed by atoms with Crippen molar-refractivity contribution in [3.05, 3.63) is 47.2 Å². The fourth-order valence-corrected chi connectivity index (χ4v) is 5.19. The van der Waals surface area contributed by atoms with Gasteiger partial charge in [0.05, 0.1) is 5.56 Å². The van der Waals surface area contributed by atoms with E-state index in [9.17, 15) is 22.8 Å². The summed E-state index contributed by atoms with van der Waals surface area (Å²) in [7, 11) is 1.65. The van der Waals surface area contributed by atoms with Crippen molar-refractivity contribution < 1.29 is 22.8 Å². The zero-order valence-corrected chi connectivity index (χ0v) is 21.2. The van der Waals surface area contributed by atoms with Crippen LogP contribution in [0.3, 0.4) is 0 Å². The van der Waals surface area contributed by atoms with Crippen LogP contribution in [0.4, 0.5) is 24.7 Å². The first kappa shape index (κ1) is 25.3. The summed E-state index contributed by atoms with van der Waals surface area (Å²) in [5, 5.41) is 4.26. The minimum absolute atomic E-state index is 0.00608. The molecule has 2 aliphatic heterocycles. The van der Waals surface area contributed by atoms with Gasteiger partial charge in [-0.25, -0.2) is 9.99 Å². The monoisotopic (exact) mass is 516 g/mol. The van der Waals surface area contributed by atoms with Gasteiger partial charge in [-0.05, 0) is 54.2 Å². The Morgan fingerprint density at radius 1 is 1.27 bits per heavy atom. The van der Waals surface area contributed by atoms with Gasteiger partial charge in [0.2, 0.25) is 6.41 Å². The molecule has 2 unspecified atom stereocenters. The molecule has 198 valence electrons. The number of hydrogen-bond donors (Lipinski definition) is 0. The number of piperidine rings is 1. The van der Waals surface area contributed by atoms with Gasteiger partial charge < -0.3 is 14.4 Å². The third-order valence-corrected chi connectivity index (χ3v) is 7.65. The number of halogens is 3. The van der Waals surface area contributed by atoms with Gasteiger partial charge in [0.1, 0.15) is 12.4 Å². The van der Waals surface area contributed by atoms with Crippen molar-refractivity contribution in [3.8, 4) is 0 Å². The Balaban J connectivity index is 1.43. The molecule has 37 heavy (non-hydrogen) atoms. The Kier molecular flexibility index (Phi) is 6.27. The summed E-state index contributed by atoms with van der Waals surface area (Å²) in [6.45, 7) is 5.18. The highest BCUT2D eigenvalue weighted by molar-refractivity contribution is 5.94. The first-order valence-corrected chi connectivity index (χ1v) is 12.5. The summed E-state index contributed by atoms with van der Waals surface area (Å²) in [5.41, 5.74) is 2.78. The Morgan fingerprint density at radius 2 is 2.00 bits per heavy atom. The fourth-order valence-electron chi connectivity index (χ4n) is 5.19. The summed E-state index contributed by atoms with van der Waals surface area (Å²) >= 11 is 0. The van der Waals surface area contributed by atoms with Gasteiger partial charge in [-0.15, -0.1) is 0 Å². The standard InChI is InChI=1S/C26H31F3N6O2/c1-25(2)5-8-33(9-6-25)24(37)17-10-21-20-11-18(20)14-35(23(21)30-13-17)19-4-7-32(3)22(12-19)31-34(16-36)15-26(27,28)29/h4,7,10,12-13,16,18,20H,5-6,8-9,11,14-15H2,1-3H3/b31-22-. The number of likely N-dealkylation sites (tertiary alicyclic amines) is 1. The lowest BCUT2D eigenvalue weighted by molar-refractivity contribution is -0.154. The molecule has 1 saturated carbocycles. The van der Waals surface area contributed by atoms with Crippen LogP contribution in [0.25, 0.3) is 0 Å². The van der Waals surface area contributed by atoms with E-state index in [4.69, 9.17) is 4.98 Å². The highest BCUT2D eigenvalue weighted by atomic mass is 19.4. The number of rotatable bonds is 5. The molecule has 0 bridgehead atoms. The number of nitrogens with zero attached hydrogens (tertiary/aromatic N) is 6. The van der Waals surface area contributed by atoms with Crippen LogP contribution in [-0.4, -0.2) is 64.1 Å². The van der Waals surface area contributed by atoms with E-state index < -0.39 is 12.7 Å². The maximum Gasteiger partial charge on any atom is 0.408 e. The number of fused-ring (bicyclic) bond motifs is 3. The molecule has 0 radical (unpaired) electrons. The van der Waals surface area contributed by atoms with Crippen LogP contribution in [0, 0.1) is 11.3 Å². The molecule has 2 amide bonds. The van der Waals surface area contributed by atoms with Crippen molar-refractivity contribution in [3.63, 3.8) is 0 Å². The average molecular weight is 517 g/mol. The number of carbonyl (C=O) groups excluding carboxylic acids is 2. The second-order valence-electron chi connectivity index (χ2n) is 11.1. The van der Waals surface area contributed by atoms with Crippen molar-refractivity contribution in [1.29, 1.82) is 0 Å². The van der Waals surface area contributed by atoms with Crippen LogP contribution in [-0.2, 0) is 11.8 Å². The van der Waals surface area contributed by atoms with Crippen molar-refractivity contribution in [2.24, 2.45) is 23.5 Å². The SMILES string of the molecule is Cn1ccc(N2CC3CC3c3cc(C(=O)N4CCC(C)(C)CC4)cnc32)c/c1=N/N(C=O)CC(F)(F)F. The van der Waals surface area contributed by atoms with Crippen LogP contribution in [0.1, 0.15) is 54.9 Å². The maximum atomic E-state index is 13.2. The zero-order chi connectivity index (χ0) is 26.5. The number of aromatic nitrogens is 2. The molecule has 11 heteroatoms. The molecule has 0 N–H and O–H groups in total. The summed E-state index contributed by atoms with van der Waals surface area (Å²) in [6, 6.07) is 5.46. The first-order valence-electron chi connectivity index (χ1n) is 12.5. The largest absolute Gasteiger partial charge is 0.408 e. The lowest BCUT2D eigenvalue weighted by Gasteiger charge is -2.37. The van der Waals surface area contributed by atoms with E-state index in [-0.39, 0.29) is 23.2 Å². The molecule has 0 aromatic carbocycles. The van der Waals surface area contributed by atoms with Gasteiger partial charge in [0.25, 0.3) is 5.91 Å². The van der Waals surface area contributed by atoms with Crippen molar-refractivity contribution in [2.45, 2.75) is 45.2 Å². The maximum absolute atomic E-state index is 13.2. The highest BCUT2D eigenvalue weighted by Crippen LogP contribution is 2.55. The number of alkyl halides is 3. The third kappa shape index (κ3) is 5.35. The predicted octanol–water partition coefficient (Wildman–Crippen LogP) is 3.77. The lowest BCUT2D eigenvalue weighted by atomic mass is 9.82. The van der Waals surface area contributed by atoms with Crippen LogP contribution < -0.4 is 10.4 Å². The number of anilines is 2. The molecule has 0 spiro atoms. The molecule has 1 aliphatic carbocycles. The van der Waals surface area contributed by atoms with Crippen molar-refractivity contribution in [2.75, 3.05) is 31.1 Å². The molecule has 5 rings (SSSR count). The summed E-state index contributed by atoms with van der Waals surface area (Å²) in [6.07, 6.45) is 1.77. The van der Waals surface area contributed by atoms with Gasteiger partial charge in [0.15, 0.2) is 5.49 Å². The molecular weight excluding hydrogens is 485 g/mol. The summed E-state index contributed by atoms with van der Waals surface area (Å²) in [5.74, 6) is 1.53. The van der Waals surface area contributed by atoms with Gasteiger partial charge in [-0.3, -0.25) is 9.59 Å². The first-order chi connectivity index (χ1) is 17.4. The summed E-state index contributed by atoms with van der Waals surface area (Å²) < 4.78 is 40.0. The molecule has 3 aliphatic rings. The van der Waals surface area contributed by atoms with Crippen LogP contribution in [0.15, 0.2) is 35.7 Å². The third-order valence-electron chi connectivity index (χ3n) is 7.65. The summed E-state index contributed by atoms with van der Waals surface area (Å²) in [4.78, 5) is 33.1. The van der Waals surface area contributed by atoms with E-state index in [0.717, 1.165) is 43.7 Å². The van der Waals surface area contributed by atoms with Gasteiger partial charge in [-0.1, -0.05) is 13.8 Å². The predicted molar refractivity (Wildman–Crippen MR) is 131 cm³/mol. The highest BCUT2D eigenvalue weighted by Gasteiger charge is 2.46. The molecular formula is C26H31F3N6O2. The zero-order valence-electron chi connectivity index (χ0n) is 21.2. The molecule has 8 nitrogen and oxygen atoms in total. The topological polar surface area (TPSA) is 74.0 Å². The van der Waals surface area contributed by atoms with Gasteiger partial charge >= 0.3 is 6.18 Å². The fraction of sp³-hybridized carbons (Fsp3) is 0.538. The Morgan fingerprint density at radius 3 is 2.68 bits per heavy atom. The molecule has 2 fully saturated rings. The van der Waals surface area contributed by atoms with Gasteiger partial charge in [0, 0.05) is 50.8 Å². The van der Waals surface area contributed by atoms with Crippen molar-refractivity contribution >= 4 is 23.8 Å². The second-order valence-corrected chi connectivity index (χ2v) is 11.1. The van der Waals surface area contributed by atoms with Crippen LogP contribution in [0.5, 0.6) is 0 Å². The normalized spacial score (nSPS) is 22.8. The number of hydrogen-bond acceptors (Lipinski definition) is 5. The minimum Gasteiger partial charge on any atom is -0.339 e. The molecule has 4 heterocycles. The number of amides is 2. The Labute approximate surface area is 213 Å². The number of aryl methyl sites for hydroxylation is 1. The minimum atomic E-state index is -4.56. The molecule has 2 aromatic heterocycles. The Hall–Kier alpha value is -3.37. The van der Waals surface area contributed by atoms with Crippen LogP contribution >= 0.6 is 0 Å². The van der Waals surface area contributed by atoms with E-state index in [0.29, 0.717) is 34.6 Å². The smallest absolute Gasteiger partial charge is 0.339 e. The Bertz CT molecular complexity index is 1280. The van der Waals surface area contributed by atoms with E-state index in [1.165, 1.54) is 0 Å². The average Bonchev–Trinajstić information content (AvgIpc) is 3.63. The second kappa shape index (κ2) is 9.18. The lowest BCUT2D eigenvalue weighted by Crippen LogP contribution is -2.41. The molecule has 2 atom stereocenters. The van der Waals surface area contributed by atoms with E-state index in [2.05, 4.69) is 18.9 Å². The number of carbonyl (C=O) groups is 2. The van der Waals surface area contributed by atoms with E-state index >= 15 is 0 Å². The van der Waals surface area contributed by atoms with Crippen molar-refractivity contribution in [1.82, 2.24) is 19.5 Å². The van der Waals surface area contributed by atoms with E-state index in [1.54, 1.807) is 30.1 Å². The molecule has 1 saturated heterocycles. The van der Waals surface area contributed by atoms with Gasteiger partial charge in [-0.2, -0.15) is 18.3 Å². The molecule has 2 aromatic rings.